The van der Waals surface area contributed by atoms with Crippen LogP contribution in [-0.4, -0.2) is 38.3 Å². The highest BCUT2D eigenvalue weighted by atomic mass is 32.2. The van der Waals surface area contributed by atoms with E-state index in [1.165, 1.54) is 11.0 Å². The number of nitrogens with two attached hydrogens (primary N) is 1. The fourth-order valence-corrected chi connectivity index (χ4v) is 3.56. The Hall–Kier alpha value is -2.19. The Morgan fingerprint density at radius 1 is 1.33 bits per heavy atom. The van der Waals surface area contributed by atoms with Crippen molar-refractivity contribution < 1.29 is 18.0 Å². The summed E-state index contributed by atoms with van der Waals surface area (Å²) in [7, 11) is -3.81. The first-order valence-corrected chi connectivity index (χ1v) is 9.19. The molecule has 7 nitrogen and oxygen atoms in total. The number of carbonyl (C=O) groups is 2. The minimum atomic E-state index is -3.81. The fourth-order valence-electron chi connectivity index (χ4n) is 2.75. The van der Waals surface area contributed by atoms with Gasteiger partial charge >= 0.3 is 6.03 Å². The molecule has 1 aliphatic heterocycles. The summed E-state index contributed by atoms with van der Waals surface area (Å²) in [5.74, 6) is -0.266. The van der Waals surface area contributed by atoms with E-state index >= 15 is 0 Å². The summed E-state index contributed by atoms with van der Waals surface area (Å²) in [6, 6.07) is 5.89. The molecule has 1 aromatic rings. The van der Waals surface area contributed by atoms with Crippen molar-refractivity contribution >= 4 is 22.0 Å². The largest absolute Gasteiger partial charge is 0.337 e. The van der Waals surface area contributed by atoms with Crippen LogP contribution in [0.25, 0.3) is 0 Å². The van der Waals surface area contributed by atoms with Crippen molar-refractivity contribution in [1.29, 1.82) is 0 Å². The van der Waals surface area contributed by atoms with Gasteiger partial charge in [-0.1, -0.05) is 25.1 Å². The van der Waals surface area contributed by atoms with Crippen LogP contribution in [0.2, 0.25) is 0 Å². The van der Waals surface area contributed by atoms with E-state index in [2.05, 4.69) is 5.32 Å². The molecular weight excluding hydrogens is 330 g/mol. The molecule has 1 aromatic carbocycles. The molecule has 0 saturated carbocycles. The van der Waals surface area contributed by atoms with E-state index in [9.17, 15) is 18.0 Å². The van der Waals surface area contributed by atoms with Gasteiger partial charge in [-0.3, -0.25) is 9.69 Å². The molecule has 0 fully saturated rings. The molecule has 0 aliphatic carbocycles. The van der Waals surface area contributed by atoms with Gasteiger partial charge in [0.15, 0.2) is 0 Å². The predicted octanol–water partition coefficient (Wildman–Crippen LogP) is 1.15. The van der Waals surface area contributed by atoms with Gasteiger partial charge in [0.1, 0.15) is 0 Å². The quantitative estimate of drug-likeness (QED) is 0.829. The van der Waals surface area contributed by atoms with Crippen LogP contribution in [0, 0.1) is 0 Å². The maximum atomic E-state index is 12.2. The predicted molar refractivity (Wildman–Crippen MR) is 89.6 cm³/mol. The van der Waals surface area contributed by atoms with Crippen molar-refractivity contribution in [2.75, 3.05) is 13.1 Å². The molecule has 0 unspecified atom stereocenters. The molecule has 1 heterocycles. The molecule has 3 N–H and O–H groups in total. The first-order valence-electron chi connectivity index (χ1n) is 7.64. The highest BCUT2D eigenvalue weighted by Gasteiger charge is 2.31. The zero-order valence-corrected chi connectivity index (χ0v) is 14.5. The van der Waals surface area contributed by atoms with Crippen molar-refractivity contribution in [2.45, 2.75) is 31.6 Å². The van der Waals surface area contributed by atoms with Gasteiger partial charge in [0.05, 0.1) is 11.4 Å². The van der Waals surface area contributed by atoms with Crippen LogP contribution in [0.15, 0.2) is 40.3 Å². The third-order valence-corrected chi connectivity index (χ3v) is 4.97. The van der Waals surface area contributed by atoms with E-state index < -0.39 is 16.1 Å². The first kappa shape index (κ1) is 18.2. The van der Waals surface area contributed by atoms with E-state index in [4.69, 9.17) is 5.14 Å². The Bertz CT molecular complexity index is 799. The number of amides is 3. The minimum Gasteiger partial charge on any atom is -0.337 e. The average Bonchev–Trinajstić information content (AvgIpc) is 2.81. The average molecular weight is 351 g/mol. The van der Waals surface area contributed by atoms with Crippen LogP contribution in [-0.2, 0) is 21.2 Å². The number of hydrogen-bond acceptors (Lipinski definition) is 4. The summed E-state index contributed by atoms with van der Waals surface area (Å²) in [6.45, 7) is 4.21. The lowest BCUT2D eigenvalue weighted by Crippen LogP contribution is -2.42. The fraction of sp³-hybridized carbons (Fsp3) is 0.375. The topological polar surface area (TPSA) is 110 Å². The highest BCUT2D eigenvalue weighted by molar-refractivity contribution is 7.89. The highest BCUT2D eigenvalue weighted by Crippen LogP contribution is 2.21. The van der Waals surface area contributed by atoms with Crippen molar-refractivity contribution in [3.05, 3.63) is 41.0 Å². The molecule has 0 saturated heterocycles. The number of urea groups is 1. The lowest BCUT2D eigenvalue weighted by atomic mass is 10.1. The third kappa shape index (κ3) is 3.82. The molecule has 0 atom stereocenters. The summed E-state index contributed by atoms with van der Waals surface area (Å²) < 4.78 is 23.1. The summed E-state index contributed by atoms with van der Waals surface area (Å²) in [4.78, 5) is 25.5. The first-order chi connectivity index (χ1) is 11.3. The number of sulfonamides is 1. The third-order valence-electron chi connectivity index (χ3n) is 3.96. The molecule has 2 rings (SSSR count). The van der Waals surface area contributed by atoms with Crippen LogP contribution in [0.1, 0.15) is 25.8 Å². The number of nitrogens with one attached hydrogen (secondary N) is 1. The number of primary sulfonamides is 1. The number of nitrogens with zero attached hydrogens (tertiary/aromatic N) is 1. The molecule has 0 aromatic heterocycles. The standard InChI is InChI=1S/C16H21N3O4S/c1-3-13-11(2)10-19(15(13)20)16(21)18-9-8-12-6-4-5-7-14(12)24(17,22)23/h4-7H,3,8-10H2,1-2H3,(H,18,21)(H2,17,22,23). The number of imide groups is 1. The monoisotopic (exact) mass is 351 g/mol. The van der Waals surface area contributed by atoms with E-state index in [1.54, 1.807) is 18.2 Å². The Morgan fingerprint density at radius 3 is 2.58 bits per heavy atom. The summed E-state index contributed by atoms with van der Waals surface area (Å²) in [6.07, 6.45) is 0.892. The normalized spacial score (nSPS) is 15.1. The van der Waals surface area contributed by atoms with Gasteiger partial charge in [-0.15, -0.1) is 0 Å². The van der Waals surface area contributed by atoms with Crippen molar-refractivity contribution in [1.82, 2.24) is 10.2 Å². The van der Waals surface area contributed by atoms with Crippen LogP contribution < -0.4 is 10.5 Å². The number of hydrogen-bond donors (Lipinski definition) is 2. The minimum absolute atomic E-state index is 0.0438. The molecule has 0 radical (unpaired) electrons. The van der Waals surface area contributed by atoms with Gasteiger partial charge in [0, 0.05) is 12.1 Å². The molecule has 130 valence electrons. The number of benzene rings is 1. The Kier molecular flexibility index (Phi) is 5.40. The summed E-state index contributed by atoms with van der Waals surface area (Å²) >= 11 is 0. The summed E-state index contributed by atoms with van der Waals surface area (Å²) in [5, 5.41) is 7.83. The second-order valence-corrected chi connectivity index (χ2v) is 7.17. The van der Waals surface area contributed by atoms with Crippen molar-refractivity contribution in [3.8, 4) is 0 Å². The van der Waals surface area contributed by atoms with Gasteiger partial charge in [-0.2, -0.15) is 0 Å². The van der Waals surface area contributed by atoms with Crippen molar-refractivity contribution in [2.24, 2.45) is 5.14 Å². The SMILES string of the molecule is CCC1=C(C)CN(C(=O)NCCc2ccccc2S(N)(=O)=O)C1=O. The molecular formula is C16H21N3O4S. The van der Waals surface area contributed by atoms with Gasteiger partial charge in [-0.05, 0) is 37.0 Å². The molecule has 3 amide bonds. The zero-order valence-electron chi connectivity index (χ0n) is 13.7. The molecule has 0 bridgehead atoms. The second-order valence-electron chi connectivity index (χ2n) is 5.64. The van der Waals surface area contributed by atoms with Gasteiger partial charge in [0.25, 0.3) is 5.91 Å². The maximum Gasteiger partial charge on any atom is 0.324 e. The van der Waals surface area contributed by atoms with Crippen LogP contribution in [0.3, 0.4) is 0 Å². The van der Waals surface area contributed by atoms with E-state index in [0.717, 1.165) is 5.57 Å². The Balaban J connectivity index is 1.97. The lowest BCUT2D eigenvalue weighted by Gasteiger charge is -2.16. The molecule has 0 spiro atoms. The van der Waals surface area contributed by atoms with Crippen LogP contribution >= 0.6 is 0 Å². The van der Waals surface area contributed by atoms with Gasteiger partial charge in [-0.25, -0.2) is 18.4 Å². The Labute approximate surface area is 141 Å². The second kappa shape index (κ2) is 7.14. The van der Waals surface area contributed by atoms with E-state index in [1.807, 2.05) is 13.8 Å². The summed E-state index contributed by atoms with van der Waals surface area (Å²) in [5.41, 5.74) is 2.10. The number of carbonyl (C=O) groups excluding carboxylic acids is 2. The molecule has 1 aliphatic rings. The smallest absolute Gasteiger partial charge is 0.324 e. The molecule has 24 heavy (non-hydrogen) atoms. The Morgan fingerprint density at radius 2 is 2.00 bits per heavy atom. The lowest BCUT2D eigenvalue weighted by molar-refractivity contribution is -0.123. The van der Waals surface area contributed by atoms with E-state index in [-0.39, 0.29) is 17.3 Å². The van der Waals surface area contributed by atoms with Crippen LogP contribution in [0.4, 0.5) is 4.79 Å². The van der Waals surface area contributed by atoms with Gasteiger partial charge in [0.2, 0.25) is 10.0 Å². The maximum absolute atomic E-state index is 12.2. The molecule has 8 heteroatoms. The zero-order chi connectivity index (χ0) is 17.9. The van der Waals surface area contributed by atoms with Crippen molar-refractivity contribution in [3.63, 3.8) is 0 Å². The van der Waals surface area contributed by atoms with E-state index in [0.29, 0.717) is 30.5 Å². The van der Waals surface area contributed by atoms with Crippen LogP contribution in [0.5, 0.6) is 0 Å². The van der Waals surface area contributed by atoms with Gasteiger partial charge < -0.3 is 5.32 Å². The number of rotatable bonds is 5.